The zero-order chi connectivity index (χ0) is 12.1. The van der Waals surface area contributed by atoms with Crippen LogP contribution in [0.15, 0.2) is 0 Å². The number of rotatable bonds is 5. The van der Waals surface area contributed by atoms with Crippen LogP contribution in [0.5, 0.6) is 0 Å². The third-order valence-corrected chi connectivity index (χ3v) is 3.96. The average Bonchev–Trinajstić information content (AvgIpc) is 2.25. The van der Waals surface area contributed by atoms with E-state index in [1.807, 2.05) is 0 Å². The highest BCUT2D eigenvalue weighted by atomic mass is 15.3. The molecule has 3 nitrogen and oxygen atoms in total. The molecule has 0 aromatic rings. The average molecular weight is 227 g/mol. The molecule has 0 aromatic heterocycles. The molecule has 0 aromatic carbocycles. The van der Waals surface area contributed by atoms with Gasteiger partial charge in [0.2, 0.25) is 0 Å². The van der Waals surface area contributed by atoms with Crippen molar-refractivity contribution in [3.63, 3.8) is 0 Å². The fraction of sp³-hybridized carbons (Fsp3) is 1.00. The third-order valence-electron chi connectivity index (χ3n) is 3.96. The van der Waals surface area contributed by atoms with Crippen LogP contribution in [0, 0.1) is 0 Å². The Morgan fingerprint density at radius 1 is 1.25 bits per heavy atom. The molecule has 1 heterocycles. The minimum Gasteiger partial charge on any atom is -0.316 e. The van der Waals surface area contributed by atoms with Crippen molar-refractivity contribution in [1.29, 1.82) is 0 Å². The number of nitrogens with zero attached hydrogens (tertiary/aromatic N) is 2. The predicted octanol–water partition coefficient (Wildman–Crippen LogP) is 1.40. The SMILES string of the molecule is CCCC(CN1CC(C)N(C)C(C)C1)NC. The first-order chi connectivity index (χ1) is 7.58. The fourth-order valence-corrected chi connectivity index (χ4v) is 2.65. The van der Waals surface area contributed by atoms with Gasteiger partial charge in [0, 0.05) is 37.8 Å². The standard InChI is InChI=1S/C13H29N3/c1-6-7-13(14-4)10-16-8-11(2)15(5)12(3)9-16/h11-14H,6-10H2,1-5H3. The maximum Gasteiger partial charge on any atom is 0.0195 e. The van der Waals surface area contributed by atoms with E-state index in [0.29, 0.717) is 18.1 Å². The summed E-state index contributed by atoms with van der Waals surface area (Å²) in [6.07, 6.45) is 2.55. The number of hydrogen-bond donors (Lipinski definition) is 1. The fourth-order valence-electron chi connectivity index (χ4n) is 2.65. The van der Waals surface area contributed by atoms with Gasteiger partial charge in [-0.25, -0.2) is 0 Å². The van der Waals surface area contributed by atoms with Crippen molar-refractivity contribution in [2.75, 3.05) is 33.7 Å². The van der Waals surface area contributed by atoms with Gasteiger partial charge in [0.05, 0.1) is 0 Å². The van der Waals surface area contributed by atoms with Crippen LogP contribution in [-0.4, -0.2) is 61.7 Å². The first-order valence-electron chi connectivity index (χ1n) is 6.70. The Hall–Kier alpha value is -0.120. The highest BCUT2D eigenvalue weighted by molar-refractivity contribution is 4.84. The van der Waals surface area contributed by atoms with Crippen LogP contribution >= 0.6 is 0 Å². The summed E-state index contributed by atoms with van der Waals surface area (Å²) in [6.45, 7) is 10.5. The van der Waals surface area contributed by atoms with Crippen molar-refractivity contribution in [3.05, 3.63) is 0 Å². The molecule has 96 valence electrons. The highest BCUT2D eigenvalue weighted by Gasteiger charge is 2.27. The van der Waals surface area contributed by atoms with Crippen molar-refractivity contribution < 1.29 is 0 Å². The van der Waals surface area contributed by atoms with E-state index in [1.54, 1.807) is 0 Å². The maximum atomic E-state index is 3.44. The lowest BCUT2D eigenvalue weighted by Crippen LogP contribution is -2.57. The second-order valence-electron chi connectivity index (χ2n) is 5.36. The van der Waals surface area contributed by atoms with Gasteiger partial charge in [-0.1, -0.05) is 13.3 Å². The first kappa shape index (κ1) is 13.9. The van der Waals surface area contributed by atoms with Crippen molar-refractivity contribution in [2.24, 2.45) is 0 Å². The quantitative estimate of drug-likeness (QED) is 0.766. The lowest BCUT2D eigenvalue weighted by atomic mass is 10.1. The summed E-state index contributed by atoms with van der Waals surface area (Å²) in [5, 5.41) is 3.44. The molecular weight excluding hydrogens is 198 g/mol. The molecule has 16 heavy (non-hydrogen) atoms. The van der Waals surface area contributed by atoms with Crippen LogP contribution in [0.4, 0.5) is 0 Å². The van der Waals surface area contributed by atoms with Crippen molar-refractivity contribution in [1.82, 2.24) is 15.1 Å². The van der Waals surface area contributed by atoms with Crippen LogP contribution in [0.25, 0.3) is 0 Å². The maximum absolute atomic E-state index is 3.44. The molecule has 0 bridgehead atoms. The predicted molar refractivity (Wildman–Crippen MR) is 70.9 cm³/mol. The van der Waals surface area contributed by atoms with E-state index in [2.05, 4.69) is 50.0 Å². The van der Waals surface area contributed by atoms with E-state index in [9.17, 15) is 0 Å². The summed E-state index contributed by atoms with van der Waals surface area (Å²) in [7, 11) is 4.33. The number of likely N-dealkylation sites (N-methyl/N-ethyl adjacent to an activating group) is 2. The van der Waals surface area contributed by atoms with Crippen LogP contribution in [0.2, 0.25) is 0 Å². The highest BCUT2D eigenvalue weighted by Crippen LogP contribution is 2.14. The van der Waals surface area contributed by atoms with Gasteiger partial charge < -0.3 is 5.32 Å². The van der Waals surface area contributed by atoms with Crippen molar-refractivity contribution >= 4 is 0 Å². The lowest BCUT2D eigenvalue weighted by molar-refractivity contribution is 0.0542. The zero-order valence-corrected chi connectivity index (χ0v) is 11.7. The van der Waals surface area contributed by atoms with E-state index in [1.165, 1.54) is 32.5 Å². The topological polar surface area (TPSA) is 18.5 Å². The van der Waals surface area contributed by atoms with Gasteiger partial charge in [0.15, 0.2) is 0 Å². The van der Waals surface area contributed by atoms with Crippen LogP contribution in [0.3, 0.4) is 0 Å². The second-order valence-corrected chi connectivity index (χ2v) is 5.36. The normalized spacial score (nSPS) is 30.6. The van der Waals surface area contributed by atoms with E-state index in [4.69, 9.17) is 0 Å². The second kappa shape index (κ2) is 6.58. The summed E-state index contributed by atoms with van der Waals surface area (Å²) in [5.41, 5.74) is 0. The molecule has 1 aliphatic rings. The first-order valence-corrected chi connectivity index (χ1v) is 6.70. The minimum absolute atomic E-state index is 0.660. The number of nitrogens with one attached hydrogen (secondary N) is 1. The Morgan fingerprint density at radius 2 is 1.81 bits per heavy atom. The van der Waals surface area contributed by atoms with Gasteiger partial charge in [0.25, 0.3) is 0 Å². The van der Waals surface area contributed by atoms with E-state index < -0.39 is 0 Å². The molecule has 0 amide bonds. The molecule has 1 rings (SSSR count). The molecule has 0 saturated carbocycles. The summed E-state index contributed by atoms with van der Waals surface area (Å²) in [6, 6.07) is 2.03. The lowest BCUT2D eigenvalue weighted by Gasteiger charge is -2.43. The Kier molecular flexibility index (Phi) is 5.73. The van der Waals surface area contributed by atoms with Gasteiger partial charge >= 0.3 is 0 Å². The van der Waals surface area contributed by atoms with Crippen molar-refractivity contribution in [3.8, 4) is 0 Å². The summed E-state index contributed by atoms with van der Waals surface area (Å²) >= 11 is 0. The van der Waals surface area contributed by atoms with Crippen LogP contribution < -0.4 is 5.32 Å². The minimum atomic E-state index is 0.660. The van der Waals surface area contributed by atoms with E-state index >= 15 is 0 Å². The molecule has 3 heteroatoms. The molecule has 1 saturated heterocycles. The van der Waals surface area contributed by atoms with Gasteiger partial charge in [-0.2, -0.15) is 0 Å². The Bertz CT molecular complexity index is 184. The molecule has 3 unspecified atom stereocenters. The molecule has 3 atom stereocenters. The number of piperazine rings is 1. The Labute approximate surface area is 101 Å². The third kappa shape index (κ3) is 3.72. The monoisotopic (exact) mass is 227 g/mol. The molecule has 1 fully saturated rings. The molecule has 1 aliphatic heterocycles. The largest absolute Gasteiger partial charge is 0.316 e. The van der Waals surface area contributed by atoms with Crippen LogP contribution in [0.1, 0.15) is 33.6 Å². The van der Waals surface area contributed by atoms with Crippen LogP contribution in [-0.2, 0) is 0 Å². The van der Waals surface area contributed by atoms with E-state index in [-0.39, 0.29) is 0 Å². The zero-order valence-electron chi connectivity index (χ0n) is 11.7. The number of hydrogen-bond acceptors (Lipinski definition) is 3. The molecule has 0 radical (unpaired) electrons. The summed E-state index contributed by atoms with van der Waals surface area (Å²) in [4.78, 5) is 5.11. The molecule has 0 spiro atoms. The molecule has 0 aliphatic carbocycles. The van der Waals surface area contributed by atoms with E-state index in [0.717, 1.165) is 0 Å². The van der Waals surface area contributed by atoms with Gasteiger partial charge in [-0.15, -0.1) is 0 Å². The molecule has 1 N–H and O–H groups in total. The van der Waals surface area contributed by atoms with Gasteiger partial charge in [-0.05, 0) is 34.4 Å². The summed E-state index contributed by atoms with van der Waals surface area (Å²) in [5.74, 6) is 0. The summed E-state index contributed by atoms with van der Waals surface area (Å²) < 4.78 is 0. The van der Waals surface area contributed by atoms with Gasteiger partial charge in [0.1, 0.15) is 0 Å². The van der Waals surface area contributed by atoms with Crippen molar-refractivity contribution in [2.45, 2.75) is 51.7 Å². The smallest absolute Gasteiger partial charge is 0.0195 e. The van der Waals surface area contributed by atoms with Gasteiger partial charge in [-0.3, -0.25) is 9.80 Å². The Balaban J connectivity index is 2.42. The molecular formula is C13H29N3. The Morgan fingerprint density at radius 3 is 2.25 bits per heavy atom.